The van der Waals surface area contributed by atoms with Crippen molar-refractivity contribution in [3.8, 4) is 5.75 Å². The number of halogens is 1. The number of hydrogen-bond donors (Lipinski definition) is 4. The van der Waals surface area contributed by atoms with E-state index >= 15 is 0 Å². The molecule has 162 valence electrons. The fraction of sp³-hybridized carbons (Fsp3) is 0.364. The highest BCUT2D eigenvalue weighted by molar-refractivity contribution is 6.30. The number of benzene rings is 2. The molecule has 2 rings (SSSR count). The van der Waals surface area contributed by atoms with Crippen molar-refractivity contribution in [3.63, 3.8) is 0 Å². The Bertz CT molecular complexity index is 881. The van der Waals surface area contributed by atoms with Crippen LogP contribution in [-0.2, 0) is 0 Å². The topological polar surface area (TPSA) is 95.0 Å². The molecular weight excluding hydrogens is 404 g/mol. The molecule has 0 saturated heterocycles. The molecule has 0 aliphatic heterocycles. The van der Waals surface area contributed by atoms with E-state index in [4.69, 9.17) is 16.3 Å². The van der Waals surface area contributed by atoms with Crippen LogP contribution in [0.3, 0.4) is 0 Å². The summed E-state index contributed by atoms with van der Waals surface area (Å²) in [5, 5.41) is 20.5. The number of carbonyl (C=O) groups excluding carboxylic acids is 1. The van der Waals surface area contributed by atoms with Crippen molar-refractivity contribution in [2.45, 2.75) is 39.3 Å². The summed E-state index contributed by atoms with van der Waals surface area (Å²) in [6.07, 6.45) is 0.763. The summed E-state index contributed by atoms with van der Waals surface area (Å²) < 4.78 is 5.72. The average Bonchev–Trinajstić information content (AvgIpc) is 2.65. The van der Waals surface area contributed by atoms with E-state index in [9.17, 15) is 9.90 Å². The first-order valence-electron chi connectivity index (χ1n) is 9.64. The van der Waals surface area contributed by atoms with Crippen LogP contribution >= 0.6 is 11.6 Å². The zero-order chi connectivity index (χ0) is 22.1. The van der Waals surface area contributed by atoms with Crippen LogP contribution in [0, 0.1) is 6.92 Å². The lowest BCUT2D eigenvalue weighted by Gasteiger charge is -2.23. The second-order valence-electron chi connectivity index (χ2n) is 7.97. The van der Waals surface area contributed by atoms with E-state index < -0.39 is 12.1 Å². The van der Waals surface area contributed by atoms with Crippen LogP contribution in [0.25, 0.3) is 0 Å². The van der Waals surface area contributed by atoms with Gasteiger partial charge in [0.05, 0.1) is 6.21 Å². The van der Waals surface area contributed by atoms with Gasteiger partial charge in [-0.3, -0.25) is 0 Å². The van der Waals surface area contributed by atoms with Gasteiger partial charge in [0.1, 0.15) is 18.5 Å². The van der Waals surface area contributed by atoms with E-state index in [-0.39, 0.29) is 12.1 Å². The number of hydrogen-bond acceptors (Lipinski definition) is 5. The van der Waals surface area contributed by atoms with E-state index in [0.29, 0.717) is 28.6 Å². The third-order valence-corrected chi connectivity index (χ3v) is 4.15. The zero-order valence-electron chi connectivity index (χ0n) is 17.7. The number of ether oxygens (including phenoxy) is 1. The van der Waals surface area contributed by atoms with Crippen molar-refractivity contribution >= 4 is 29.5 Å². The smallest absolute Gasteiger partial charge is 0.339 e. The normalized spacial score (nSPS) is 12.6. The molecule has 0 aliphatic carbocycles. The maximum Gasteiger partial charge on any atom is 0.339 e. The largest absolute Gasteiger partial charge is 0.490 e. The van der Waals surface area contributed by atoms with E-state index in [1.807, 2.05) is 45.9 Å². The lowest BCUT2D eigenvalue weighted by Crippen LogP contribution is -2.42. The van der Waals surface area contributed by atoms with E-state index in [0.717, 1.165) is 5.56 Å². The number of urea groups is 1. The second kappa shape index (κ2) is 11.0. The second-order valence-corrected chi connectivity index (χ2v) is 8.41. The van der Waals surface area contributed by atoms with Gasteiger partial charge in [0, 0.05) is 28.4 Å². The molecule has 0 fully saturated rings. The Morgan fingerprint density at radius 1 is 1.27 bits per heavy atom. The molecule has 1 atom stereocenters. The van der Waals surface area contributed by atoms with Crippen molar-refractivity contribution in [2.24, 2.45) is 5.10 Å². The van der Waals surface area contributed by atoms with Gasteiger partial charge in [0.25, 0.3) is 0 Å². The molecule has 0 aromatic heterocycles. The predicted octanol–water partition coefficient (Wildman–Crippen LogP) is 3.93. The number of hydrazone groups is 1. The van der Waals surface area contributed by atoms with Gasteiger partial charge in [-0.15, -0.1) is 0 Å². The summed E-state index contributed by atoms with van der Waals surface area (Å²) >= 11 is 6.07. The van der Waals surface area contributed by atoms with Crippen molar-refractivity contribution < 1.29 is 14.6 Å². The lowest BCUT2D eigenvalue weighted by molar-refractivity contribution is 0.1000. The fourth-order valence-electron chi connectivity index (χ4n) is 2.46. The molecule has 7 nitrogen and oxygen atoms in total. The Morgan fingerprint density at radius 2 is 2.03 bits per heavy atom. The van der Waals surface area contributed by atoms with Crippen LogP contribution in [-0.4, -0.2) is 42.1 Å². The molecule has 0 spiro atoms. The first kappa shape index (κ1) is 23.7. The Balaban J connectivity index is 1.93. The summed E-state index contributed by atoms with van der Waals surface area (Å²) in [5.41, 5.74) is 4.61. The van der Waals surface area contributed by atoms with Gasteiger partial charge >= 0.3 is 6.03 Å². The molecule has 2 aromatic carbocycles. The molecule has 8 heteroatoms. The minimum Gasteiger partial charge on any atom is -0.490 e. The molecule has 1 unspecified atom stereocenters. The van der Waals surface area contributed by atoms with Crippen molar-refractivity contribution in [1.82, 2.24) is 10.7 Å². The SMILES string of the molecule is Cc1cccc(NC(=O)N/N=C/c2cc(Cl)ccc2OCC(O)CNC(C)(C)C)c1. The highest BCUT2D eigenvalue weighted by Crippen LogP contribution is 2.21. The molecule has 0 heterocycles. The monoisotopic (exact) mass is 432 g/mol. The van der Waals surface area contributed by atoms with Crippen LogP contribution in [0.4, 0.5) is 10.5 Å². The molecule has 30 heavy (non-hydrogen) atoms. The average molecular weight is 433 g/mol. The minimum absolute atomic E-state index is 0.0935. The van der Waals surface area contributed by atoms with Gasteiger partial charge in [0.15, 0.2) is 0 Å². The third-order valence-electron chi connectivity index (χ3n) is 3.92. The fourth-order valence-corrected chi connectivity index (χ4v) is 2.64. The van der Waals surface area contributed by atoms with Crippen molar-refractivity contribution in [1.29, 1.82) is 0 Å². The number of β-amino-alcohol motifs (C(OH)–C–C–N with tert-alkyl or cyclic N) is 1. The summed E-state index contributed by atoms with van der Waals surface area (Å²) in [4.78, 5) is 12.0. The van der Waals surface area contributed by atoms with Crippen LogP contribution < -0.4 is 20.8 Å². The summed E-state index contributed by atoms with van der Waals surface area (Å²) in [7, 11) is 0. The number of aliphatic hydroxyl groups excluding tert-OH is 1. The molecule has 4 N–H and O–H groups in total. The van der Waals surface area contributed by atoms with Crippen molar-refractivity contribution in [2.75, 3.05) is 18.5 Å². The first-order valence-corrected chi connectivity index (χ1v) is 10.0. The minimum atomic E-state index is -0.678. The number of aliphatic hydroxyl groups is 1. The lowest BCUT2D eigenvalue weighted by atomic mass is 10.1. The number of carbonyl (C=O) groups is 1. The van der Waals surface area contributed by atoms with Gasteiger partial charge in [0.2, 0.25) is 0 Å². The Kier molecular flexibility index (Phi) is 8.65. The van der Waals surface area contributed by atoms with Crippen molar-refractivity contribution in [3.05, 3.63) is 58.6 Å². The van der Waals surface area contributed by atoms with E-state index in [1.54, 1.807) is 24.3 Å². The molecule has 0 saturated carbocycles. The molecule has 2 aromatic rings. The van der Waals surface area contributed by atoms with E-state index in [1.165, 1.54) is 6.21 Å². The van der Waals surface area contributed by atoms with Gasteiger partial charge < -0.3 is 20.5 Å². The van der Waals surface area contributed by atoms with Crippen LogP contribution in [0.2, 0.25) is 5.02 Å². The van der Waals surface area contributed by atoms with Gasteiger partial charge in [-0.2, -0.15) is 5.10 Å². The summed E-state index contributed by atoms with van der Waals surface area (Å²) in [6.45, 7) is 8.52. The quantitative estimate of drug-likeness (QED) is 0.375. The molecule has 2 amide bonds. The van der Waals surface area contributed by atoms with E-state index in [2.05, 4.69) is 21.2 Å². The summed E-state index contributed by atoms with van der Waals surface area (Å²) in [5.74, 6) is 0.499. The van der Waals surface area contributed by atoms with Crippen LogP contribution in [0.15, 0.2) is 47.6 Å². The maximum absolute atomic E-state index is 12.0. The molecule has 0 aliphatic rings. The Labute approximate surface area is 182 Å². The Hall–Kier alpha value is -2.61. The number of anilines is 1. The van der Waals surface area contributed by atoms with Crippen LogP contribution in [0.5, 0.6) is 5.75 Å². The predicted molar refractivity (Wildman–Crippen MR) is 122 cm³/mol. The molecule has 0 radical (unpaired) electrons. The zero-order valence-corrected chi connectivity index (χ0v) is 18.5. The first-order chi connectivity index (χ1) is 14.1. The number of amides is 2. The maximum atomic E-state index is 12.0. The molecule has 0 bridgehead atoms. The van der Waals surface area contributed by atoms with Gasteiger partial charge in [-0.1, -0.05) is 23.7 Å². The Morgan fingerprint density at radius 3 is 2.73 bits per heavy atom. The van der Waals surface area contributed by atoms with Crippen LogP contribution in [0.1, 0.15) is 31.9 Å². The summed E-state index contributed by atoms with van der Waals surface area (Å²) in [6, 6.07) is 12.0. The number of rotatable bonds is 8. The van der Waals surface area contributed by atoms with Gasteiger partial charge in [-0.25, -0.2) is 10.2 Å². The standard InChI is InChI=1S/C22H29ClN4O3/c1-15-6-5-7-18(10-15)26-21(29)27-25-12-16-11-17(23)8-9-20(16)30-14-19(28)13-24-22(2,3)4/h5-12,19,24,28H,13-14H2,1-4H3,(H2,26,27,29)/b25-12+. The number of nitrogens with one attached hydrogen (secondary N) is 3. The highest BCUT2D eigenvalue weighted by Gasteiger charge is 2.13. The highest BCUT2D eigenvalue weighted by atomic mass is 35.5. The number of nitrogens with zero attached hydrogens (tertiary/aromatic N) is 1. The third kappa shape index (κ3) is 8.82. The van der Waals surface area contributed by atoms with Gasteiger partial charge in [-0.05, 0) is 63.6 Å². The molecular formula is C22H29ClN4O3. The number of aryl methyl sites for hydroxylation is 1.